The Labute approximate surface area is 200 Å². The molecule has 34 heavy (non-hydrogen) atoms. The molecule has 2 aromatic rings. The van der Waals surface area contributed by atoms with Crippen LogP contribution in [0.3, 0.4) is 0 Å². The molecule has 10 heteroatoms. The highest BCUT2D eigenvalue weighted by Crippen LogP contribution is 2.51. The fourth-order valence-corrected chi connectivity index (χ4v) is 6.02. The Hall–Kier alpha value is -3.43. The predicted molar refractivity (Wildman–Crippen MR) is 122 cm³/mol. The van der Waals surface area contributed by atoms with Crippen molar-refractivity contribution in [1.29, 1.82) is 0 Å². The second-order valence-electron chi connectivity index (χ2n) is 9.11. The van der Waals surface area contributed by atoms with Crippen LogP contribution in [0.1, 0.15) is 23.1 Å². The number of quaternary nitrogens is 1. The van der Waals surface area contributed by atoms with Gasteiger partial charge in [0.1, 0.15) is 23.6 Å². The molecule has 5 N–H and O–H groups in total. The molecule has 2 saturated heterocycles. The highest BCUT2D eigenvalue weighted by molar-refractivity contribution is 6.35. The number of aryl methyl sites for hydroxylation is 1. The van der Waals surface area contributed by atoms with Crippen molar-refractivity contribution in [2.45, 2.75) is 31.5 Å². The summed E-state index contributed by atoms with van der Waals surface area (Å²) in [6.07, 6.45) is -0.138. The van der Waals surface area contributed by atoms with Crippen LogP contribution < -0.4 is 21.1 Å². The molecule has 5 rings (SSSR count). The van der Waals surface area contributed by atoms with E-state index in [1.54, 1.807) is 42.8 Å². The first kappa shape index (κ1) is 22.4. The number of rotatable bonds is 5. The van der Waals surface area contributed by atoms with Crippen molar-refractivity contribution < 1.29 is 29.2 Å². The van der Waals surface area contributed by atoms with Gasteiger partial charge in [-0.25, -0.2) is 0 Å². The molecule has 0 bridgehead atoms. The van der Waals surface area contributed by atoms with E-state index in [1.165, 1.54) is 4.90 Å². The molecule has 2 fully saturated rings. The zero-order chi connectivity index (χ0) is 24.4. The summed E-state index contributed by atoms with van der Waals surface area (Å²) < 4.78 is 5.17. The van der Waals surface area contributed by atoms with Crippen molar-refractivity contribution in [3.8, 4) is 5.75 Å². The molecule has 3 aliphatic rings. The third kappa shape index (κ3) is 3.11. The minimum Gasteiger partial charge on any atom is -0.497 e. The smallest absolute Gasteiger partial charge is 0.291 e. The summed E-state index contributed by atoms with van der Waals surface area (Å²) in [7, 11) is 1.55. The van der Waals surface area contributed by atoms with Crippen molar-refractivity contribution in [2.24, 2.45) is 17.6 Å². The molecule has 9 nitrogen and oxygen atoms in total. The second-order valence-corrected chi connectivity index (χ2v) is 9.51. The van der Waals surface area contributed by atoms with E-state index in [4.69, 9.17) is 22.1 Å². The molecule has 0 saturated carbocycles. The third-order valence-corrected chi connectivity index (χ3v) is 7.40. The van der Waals surface area contributed by atoms with Gasteiger partial charge in [0.05, 0.1) is 30.8 Å². The maximum absolute atomic E-state index is 13.8. The first-order valence-corrected chi connectivity index (χ1v) is 11.3. The minimum atomic E-state index is -1.41. The fourth-order valence-electron chi connectivity index (χ4n) is 5.70. The number of carbonyl (C=O) groups is 4. The Morgan fingerprint density at radius 3 is 2.56 bits per heavy atom. The van der Waals surface area contributed by atoms with Crippen LogP contribution in [-0.4, -0.2) is 41.7 Å². The van der Waals surface area contributed by atoms with Crippen LogP contribution in [-0.2, 0) is 31.3 Å². The number of nitrogens with one attached hydrogen (secondary N) is 1. The van der Waals surface area contributed by atoms with Crippen LogP contribution in [0, 0.1) is 18.8 Å². The summed E-state index contributed by atoms with van der Waals surface area (Å²) in [5.74, 6) is -3.09. The molecular weight excluding hydrogens is 460 g/mol. The molecule has 4 amide bonds. The molecule has 3 aliphatic heterocycles. The van der Waals surface area contributed by atoms with E-state index in [1.807, 2.05) is 13.0 Å². The molecule has 1 spiro atoms. The van der Waals surface area contributed by atoms with Gasteiger partial charge in [0.25, 0.3) is 5.91 Å². The number of benzene rings is 2. The van der Waals surface area contributed by atoms with Crippen LogP contribution in [0.25, 0.3) is 0 Å². The number of nitrogens with zero attached hydrogens (tertiary/aromatic N) is 1. The lowest BCUT2D eigenvalue weighted by Crippen LogP contribution is -2.99. The van der Waals surface area contributed by atoms with Gasteiger partial charge in [0, 0.05) is 5.56 Å². The molecule has 4 atom stereocenters. The second kappa shape index (κ2) is 7.82. The van der Waals surface area contributed by atoms with Gasteiger partial charge in [0.15, 0.2) is 0 Å². The summed E-state index contributed by atoms with van der Waals surface area (Å²) in [6.45, 7) is 1.89. The van der Waals surface area contributed by atoms with Gasteiger partial charge < -0.3 is 21.1 Å². The summed E-state index contributed by atoms with van der Waals surface area (Å²) in [6, 6.07) is 9.92. The predicted octanol–water partition coefficient (Wildman–Crippen LogP) is 0.427. The van der Waals surface area contributed by atoms with Crippen molar-refractivity contribution in [2.75, 3.05) is 12.4 Å². The van der Waals surface area contributed by atoms with Crippen molar-refractivity contribution in [3.63, 3.8) is 0 Å². The van der Waals surface area contributed by atoms with Gasteiger partial charge in [-0.3, -0.25) is 24.1 Å². The normalized spacial score (nSPS) is 27.2. The third-order valence-electron chi connectivity index (χ3n) is 7.10. The van der Waals surface area contributed by atoms with E-state index < -0.39 is 47.0 Å². The number of anilines is 1. The number of fused-ring (bicyclic) bond motifs is 4. The SMILES string of the molecule is COc1ccc(CN2C(=O)[C@H]3[C@@H](C2=O)[C@@]2([NH2+][C@@H]3CC(N)=O)C(=O)Nc3c(Cl)cc(C)cc32)cc1. The Morgan fingerprint density at radius 2 is 1.91 bits per heavy atom. The highest BCUT2D eigenvalue weighted by atomic mass is 35.5. The molecular formula is C24H24ClN4O5+. The number of imide groups is 1. The number of ether oxygens (including phenoxy) is 1. The first-order chi connectivity index (χ1) is 16.2. The Kier molecular flexibility index (Phi) is 5.14. The van der Waals surface area contributed by atoms with Crippen molar-refractivity contribution >= 4 is 40.9 Å². The van der Waals surface area contributed by atoms with E-state index in [9.17, 15) is 19.2 Å². The number of halogens is 1. The molecule has 2 aromatic carbocycles. The van der Waals surface area contributed by atoms with Gasteiger partial charge in [-0.05, 0) is 42.3 Å². The number of likely N-dealkylation sites (tertiary alicyclic amines) is 1. The zero-order valence-corrected chi connectivity index (χ0v) is 19.4. The van der Waals surface area contributed by atoms with Gasteiger partial charge in [-0.15, -0.1) is 0 Å². The van der Waals surface area contributed by atoms with Crippen LogP contribution in [0.2, 0.25) is 5.02 Å². The number of hydrogen-bond donors (Lipinski definition) is 3. The summed E-state index contributed by atoms with van der Waals surface area (Å²) in [4.78, 5) is 53.8. The van der Waals surface area contributed by atoms with Gasteiger partial charge in [-0.2, -0.15) is 0 Å². The quantitative estimate of drug-likeness (QED) is 0.530. The fraction of sp³-hybridized carbons (Fsp3) is 0.333. The van der Waals surface area contributed by atoms with E-state index in [-0.39, 0.29) is 13.0 Å². The monoisotopic (exact) mass is 483 g/mol. The summed E-state index contributed by atoms with van der Waals surface area (Å²) >= 11 is 6.42. The van der Waals surface area contributed by atoms with Gasteiger partial charge in [0.2, 0.25) is 23.3 Å². The standard InChI is InChI=1S/C24H23ClN4O5/c1-11-7-14-20(15(25)8-11)27-23(33)24(14)19-18(16(28-24)9-17(26)30)21(31)29(22(19)32)10-12-3-5-13(34-2)6-4-12/h3-8,16,18-19,28H,9-10H2,1-2H3,(H2,26,30)(H,27,33)/p+1/t16-,18-,19+,24-/m1/s1. The maximum Gasteiger partial charge on any atom is 0.291 e. The number of nitrogens with two attached hydrogens (primary N) is 2. The molecule has 176 valence electrons. The van der Waals surface area contributed by atoms with Crippen LogP contribution >= 0.6 is 11.6 Å². The number of amides is 4. The van der Waals surface area contributed by atoms with E-state index in [0.717, 1.165) is 11.1 Å². The van der Waals surface area contributed by atoms with Crippen LogP contribution in [0.15, 0.2) is 36.4 Å². The summed E-state index contributed by atoms with van der Waals surface area (Å²) in [5, 5.41) is 4.84. The Bertz CT molecular complexity index is 1250. The molecule has 0 aliphatic carbocycles. The highest BCUT2D eigenvalue weighted by Gasteiger charge is 2.74. The number of hydrogen-bond acceptors (Lipinski definition) is 5. The molecule has 0 radical (unpaired) electrons. The molecule has 3 heterocycles. The lowest BCUT2D eigenvalue weighted by molar-refractivity contribution is -0.732. The molecule has 0 aromatic heterocycles. The average molecular weight is 484 g/mol. The Balaban J connectivity index is 1.59. The molecule has 0 unspecified atom stereocenters. The van der Waals surface area contributed by atoms with E-state index in [2.05, 4.69) is 5.32 Å². The van der Waals surface area contributed by atoms with Gasteiger partial charge >= 0.3 is 0 Å². The van der Waals surface area contributed by atoms with Gasteiger partial charge in [-0.1, -0.05) is 23.7 Å². The number of primary amides is 1. The minimum absolute atomic E-state index is 0.0527. The van der Waals surface area contributed by atoms with E-state index >= 15 is 0 Å². The van der Waals surface area contributed by atoms with Crippen molar-refractivity contribution in [3.05, 3.63) is 58.1 Å². The number of methoxy groups -OCH3 is 1. The number of carbonyl (C=O) groups excluding carboxylic acids is 4. The van der Waals surface area contributed by atoms with Crippen molar-refractivity contribution in [1.82, 2.24) is 4.90 Å². The topological polar surface area (TPSA) is 135 Å². The zero-order valence-electron chi connectivity index (χ0n) is 18.6. The van der Waals surface area contributed by atoms with E-state index in [0.29, 0.717) is 22.0 Å². The lowest BCUT2D eigenvalue weighted by Gasteiger charge is -2.26. The summed E-state index contributed by atoms with van der Waals surface area (Å²) in [5.41, 5.74) is 6.61. The average Bonchev–Trinajstić information content (AvgIpc) is 3.35. The lowest BCUT2D eigenvalue weighted by atomic mass is 9.76. The largest absolute Gasteiger partial charge is 0.497 e. The van der Waals surface area contributed by atoms with Crippen LogP contribution in [0.4, 0.5) is 5.69 Å². The Morgan fingerprint density at radius 1 is 1.21 bits per heavy atom. The maximum atomic E-state index is 13.8. The van der Waals surface area contributed by atoms with Crippen LogP contribution in [0.5, 0.6) is 5.75 Å². The first-order valence-electron chi connectivity index (χ1n) is 10.9.